The van der Waals surface area contributed by atoms with Crippen molar-refractivity contribution in [3.63, 3.8) is 0 Å². The Morgan fingerprint density at radius 1 is 1.32 bits per heavy atom. The molecule has 1 amide bonds. The Balaban J connectivity index is 1.66. The van der Waals surface area contributed by atoms with E-state index >= 15 is 0 Å². The van der Waals surface area contributed by atoms with E-state index in [-0.39, 0.29) is 23.4 Å². The number of carbonyl (C=O) groups is 1. The molecule has 3 atom stereocenters. The number of aliphatic imine (C=N–C) groups is 1. The molecule has 3 heterocycles. The van der Waals surface area contributed by atoms with Gasteiger partial charge in [0, 0.05) is 16.9 Å². The smallest absolute Gasteiger partial charge is 0.292 e. The first-order valence-electron chi connectivity index (χ1n) is 9.38. The fraction of sp³-hybridized carbons (Fsp3) is 0.500. The molecule has 0 saturated carbocycles. The number of amides is 1. The van der Waals surface area contributed by atoms with Gasteiger partial charge in [-0.3, -0.25) is 10.1 Å². The second-order valence-electron chi connectivity index (χ2n) is 8.27. The monoisotopic (exact) mass is 402 g/mol. The van der Waals surface area contributed by atoms with Gasteiger partial charge >= 0.3 is 0 Å². The molecule has 1 aromatic carbocycles. The standard InChI is InChI=1S/C20H26N4O3S/c1-18(2)9-14-10-26-17(22-16(25)13-7-5-4-6-8-13)24-20(14,12-27-18)19(3)23-15(21)11-28-19/h4-8,11,14,23H,9-10,12,21H2,1-3H3,(H,22,24,25)/t14-,19?,20-/m0/s1. The highest BCUT2D eigenvalue weighted by Gasteiger charge is 2.61. The van der Waals surface area contributed by atoms with Crippen molar-refractivity contribution in [3.8, 4) is 0 Å². The molecule has 3 aliphatic heterocycles. The second-order valence-corrected chi connectivity index (χ2v) is 9.56. The first kappa shape index (κ1) is 19.1. The lowest BCUT2D eigenvalue weighted by Gasteiger charge is -2.55. The number of nitrogens with zero attached hydrogens (tertiary/aromatic N) is 1. The van der Waals surface area contributed by atoms with E-state index in [9.17, 15) is 4.79 Å². The summed E-state index contributed by atoms with van der Waals surface area (Å²) in [5.74, 6) is 0.486. The van der Waals surface area contributed by atoms with E-state index in [1.807, 2.05) is 23.6 Å². The molecule has 0 spiro atoms. The molecule has 0 radical (unpaired) electrons. The molecule has 1 fully saturated rings. The fourth-order valence-corrected chi connectivity index (χ4v) is 5.21. The van der Waals surface area contributed by atoms with Crippen molar-refractivity contribution >= 4 is 23.7 Å². The molecule has 7 nitrogen and oxygen atoms in total. The lowest BCUT2D eigenvalue weighted by Crippen LogP contribution is -2.69. The van der Waals surface area contributed by atoms with Crippen LogP contribution in [0.1, 0.15) is 37.6 Å². The summed E-state index contributed by atoms with van der Waals surface area (Å²) in [6.45, 7) is 7.11. The van der Waals surface area contributed by atoms with Crippen molar-refractivity contribution in [1.29, 1.82) is 0 Å². The third kappa shape index (κ3) is 3.24. The topological polar surface area (TPSA) is 98.0 Å². The van der Waals surface area contributed by atoms with Crippen molar-refractivity contribution in [2.45, 2.75) is 43.2 Å². The Bertz CT molecular complexity index is 841. The summed E-state index contributed by atoms with van der Waals surface area (Å²) in [6, 6.07) is 9.24. The van der Waals surface area contributed by atoms with Gasteiger partial charge in [0.1, 0.15) is 16.2 Å². The van der Waals surface area contributed by atoms with Crippen LogP contribution in [0.5, 0.6) is 0 Å². The highest BCUT2D eigenvalue weighted by molar-refractivity contribution is 8.03. The number of hydrogen-bond acceptors (Lipinski definition) is 7. The number of hydrogen-bond donors (Lipinski definition) is 3. The molecule has 1 unspecified atom stereocenters. The van der Waals surface area contributed by atoms with Crippen LogP contribution >= 0.6 is 11.8 Å². The zero-order valence-corrected chi connectivity index (χ0v) is 17.1. The maximum absolute atomic E-state index is 12.6. The predicted molar refractivity (Wildman–Crippen MR) is 110 cm³/mol. The van der Waals surface area contributed by atoms with Crippen LogP contribution < -0.4 is 16.4 Å². The zero-order valence-electron chi connectivity index (χ0n) is 16.3. The van der Waals surface area contributed by atoms with Crippen molar-refractivity contribution in [2.75, 3.05) is 13.2 Å². The quantitative estimate of drug-likeness (QED) is 0.701. The SMILES string of the molecule is CC1(C)C[C@H]2COC(NC(=O)c3ccccc3)=N[C@@]2(C2(C)NC(N)=CS2)CO1. The lowest BCUT2D eigenvalue weighted by atomic mass is 9.71. The van der Waals surface area contributed by atoms with Gasteiger partial charge in [-0.05, 0) is 39.3 Å². The number of thioether (sulfide) groups is 1. The Morgan fingerprint density at radius 2 is 2.07 bits per heavy atom. The van der Waals surface area contributed by atoms with Gasteiger partial charge in [-0.1, -0.05) is 30.0 Å². The molecule has 0 bridgehead atoms. The maximum Gasteiger partial charge on any atom is 0.292 e. The van der Waals surface area contributed by atoms with Crippen LogP contribution in [-0.2, 0) is 9.47 Å². The Labute approximate surface area is 169 Å². The van der Waals surface area contributed by atoms with E-state index in [2.05, 4.69) is 31.4 Å². The second kappa shape index (κ2) is 6.70. The van der Waals surface area contributed by atoms with E-state index in [1.54, 1.807) is 23.9 Å². The van der Waals surface area contributed by atoms with Crippen molar-refractivity contribution in [3.05, 3.63) is 47.1 Å². The van der Waals surface area contributed by atoms with Crippen molar-refractivity contribution < 1.29 is 14.3 Å². The fourth-order valence-electron chi connectivity index (χ4n) is 4.14. The third-order valence-corrected chi connectivity index (χ3v) is 7.00. The number of nitrogens with two attached hydrogens (primary N) is 1. The van der Waals surface area contributed by atoms with E-state index in [0.717, 1.165) is 6.42 Å². The molecule has 28 heavy (non-hydrogen) atoms. The van der Waals surface area contributed by atoms with Gasteiger partial charge in [-0.15, -0.1) is 0 Å². The normalized spacial score (nSPS) is 33.6. The van der Waals surface area contributed by atoms with Gasteiger partial charge in [0.15, 0.2) is 0 Å². The highest BCUT2D eigenvalue weighted by Crippen LogP contribution is 2.51. The van der Waals surface area contributed by atoms with Gasteiger partial charge in [-0.2, -0.15) is 0 Å². The van der Waals surface area contributed by atoms with E-state index < -0.39 is 10.4 Å². The molecule has 1 saturated heterocycles. The van der Waals surface area contributed by atoms with Crippen molar-refractivity contribution in [1.82, 2.24) is 10.6 Å². The average Bonchev–Trinajstić information content (AvgIpc) is 3.02. The maximum atomic E-state index is 12.6. The first-order valence-corrected chi connectivity index (χ1v) is 10.3. The summed E-state index contributed by atoms with van der Waals surface area (Å²) in [4.78, 5) is 17.0. The lowest BCUT2D eigenvalue weighted by molar-refractivity contribution is -0.135. The number of carbonyl (C=O) groups excluding carboxylic acids is 1. The molecule has 0 aliphatic carbocycles. The minimum Gasteiger partial charge on any atom is -0.465 e. The molecule has 150 valence electrons. The van der Waals surface area contributed by atoms with Crippen LogP contribution in [0.4, 0.5) is 0 Å². The number of nitrogens with one attached hydrogen (secondary N) is 2. The van der Waals surface area contributed by atoms with Crippen LogP contribution in [0, 0.1) is 5.92 Å². The van der Waals surface area contributed by atoms with E-state index in [4.69, 9.17) is 20.2 Å². The van der Waals surface area contributed by atoms with Gasteiger partial charge in [0.25, 0.3) is 11.9 Å². The first-order chi connectivity index (χ1) is 13.2. The van der Waals surface area contributed by atoms with E-state index in [1.165, 1.54) is 0 Å². The minimum absolute atomic E-state index is 0.123. The Kier molecular flexibility index (Phi) is 4.58. The molecule has 3 aliphatic rings. The van der Waals surface area contributed by atoms with Crippen LogP contribution in [0.2, 0.25) is 0 Å². The molecule has 1 aromatic rings. The van der Waals surface area contributed by atoms with Gasteiger partial charge < -0.3 is 20.5 Å². The molecular formula is C20H26N4O3S. The highest BCUT2D eigenvalue weighted by atomic mass is 32.2. The Hall–Kier alpha value is -2.19. The Morgan fingerprint density at radius 3 is 2.75 bits per heavy atom. The van der Waals surface area contributed by atoms with Gasteiger partial charge in [0.2, 0.25) is 0 Å². The zero-order chi connectivity index (χ0) is 20.0. The average molecular weight is 403 g/mol. The van der Waals surface area contributed by atoms with Crippen LogP contribution in [0.15, 0.2) is 46.6 Å². The van der Waals surface area contributed by atoms with Crippen LogP contribution in [0.3, 0.4) is 0 Å². The summed E-state index contributed by atoms with van der Waals surface area (Å²) in [5, 5.41) is 8.08. The number of rotatable bonds is 2. The molecular weight excluding hydrogens is 376 g/mol. The van der Waals surface area contributed by atoms with E-state index in [0.29, 0.717) is 24.6 Å². The number of benzene rings is 1. The van der Waals surface area contributed by atoms with Crippen LogP contribution in [-0.4, -0.2) is 41.2 Å². The van der Waals surface area contributed by atoms with Gasteiger partial charge in [0.05, 0.1) is 18.8 Å². The number of fused-ring (bicyclic) bond motifs is 1. The summed E-state index contributed by atoms with van der Waals surface area (Å²) >= 11 is 1.60. The molecule has 0 aromatic heterocycles. The molecule has 4 rings (SSSR count). The summed E-state index contributed by atoms with van der Waals surface area (Å²) in [5.41, 5.74) is 5.70. The van der Waals surface area contributed by atoms with Crippen LogP contribution in [0.25, 0.3) is 0 Å². The molecule has 4 N–H and O–H groups in total. The summed E-state index contributed by atoms with van der Waals surface area (Å²) in [7, 11) is 0. The number of amidine groups is 1. The summed E-state index contributed by atoms with van der Waals surface area (Å²) in [6.07, 6.45) is 0.800. The molecule has 8 heteroatoms. The number of ether oxygens (including phenoxy) is 2. The van der Waals surface area contributed by atoms with Gasteiger partial charge in [-0.25, -0.2) is 4.99 Å². The predicted octanol–water partition coefficient (Wildman–Crippen LogP) is 2.17. The largest absolute Gasteiger partial charge is 0.465 e. The third-order valence-electron chi connectivity index (χ3n) is 5.71. The summed E-state index contributed by atoms with van der Waals surface area (Å²) < 4.78 is 12.1. The minimum atomic E-state index is -0.623. The van der Waals surface area contributed by atoms with Crippen molar-refractivity contribution in [2.24, 2.45) is 16.6 Å².